The first-order valence-electron chi connectivity index (χ1n) is 6.94. The molecule has 114 valence electrons. The van der Waals surface area contributed by atoms with Gasteiger partial charge in [-0.1, -0.05) is 11.6 Å². The fourth-order valence-corrected chi connectivity index (χ4v) is 2.56. The fourth-order valence-electron chi connectivity index (χ4n) is 2.12. The molecule has 0 unspecified atom stereocenters. The molecule has 1 aromatic carbocycles. The zero-order valence-corrected chi connectivity index (χ0v) is 15.4. The molecular weight excluding hydrogens is 350 g/mol. The highest BCUT2D eigenvalue weighted by Crippen LogP contribution is 2.26. The molecule has 1 heterocycles. The van der Waals surface area contributed by atoms with Crippen molar-refractivity contribution in [3.8, 4) is 5.69 Å². The maximum atomic E-state index is 6.16. The van der Waals surface area contributed by atoms with Gasteiger partial charge < -0.3 is 5.32 Å². The van der Waals surface area contributed by atoms with E-state index in [2.05, 4.69) is 54.0 Å². The molecule has 0 saturated carbocycles. The van der Waals surface area contributed by atoms with Crippen molar-refractivity contribution in [1.29, 1.82) is 0 Å². The second kappa shape index (κ2) is 6.11. The van der Waals surface area contributed by atoms with E-state index in [0.29, 0.717) is 0 Å². The fraction of sp³-hybridized carbons (Fsp3) is 0.438. The van der Waals surface area contributed by atoms with E-state index in [1.165, 1.54) is 0 Å². The third-order valence-electron chi connectivity index (χ3n) is 3.28. The third kappa shape index (κ3) is 3.87. The quantitative estimate of drug-likeness (QED) is 0.841. The van der Waals surface area contributed by atoms with Gasteiger partial charge in [0.15, 0.2) is 0 Å². The van der Waals surface area contributed by atoms with Gasteiger partial charge in [-0.05, 0) is 74.3 Å². The number of aromatic nitrogens is 2. The van der Waals surface area contributed by atoms with Crippen molar-refractivity contribution in [2.24, 2.45) is 0 Å². The molecule has 0 amide bonds. The summed E-state index contributed by atoms with van der Waals surface area (Å²) in [5, 5.41) is 8.86. The van der Waals surface area contributed by atoms with Crippen molar-refractivity contribution >= 4 is 27.5 Å². The minimum atomic E-state index is 0.0508. The molecule has 0 atom stereocenters. The van der Waals surface area contributed by atoms with Gasteiger partial charge >= 0.3 is 0 Å². The van der Waals surface area contributed by atoms with Crippen LogP contribution in [0.3, 0.4) is 0 Å². The van der Waals surface area contributed by atoms with E-state index in [0.717, 1.165) is 38.7 Å². The Morgan fingerprint density at radius 1 is 1.29 bits per heavy atom. The summed E-state index contributed by atoms with van der Waals surface area (Å²) in [6.07, 6.45) is 0. The van der Waals surface area contributed by atoms with E-state index in [1.54, 1.807) is 0 Å². The average Bonchev–Trinajstić information content (AvgIpc) is 2.63. The van der Waals surface area contributed by atoms with Crippen LogP contribution in [-0.2, 0) is 6.54 Å². The summed E-state index contributed by atoms with van der Waals surface area (Å²) >= 11 is 9.75. The zero-order valence-electron chi connectivity index (χ0n) is 13.1. The lowest BCUT2D eigenvalue weighted by molar-refractivity contribution is 0.424. The summed E-state index contributed by atoms with van der Waals surface area (Å²) in [5.41, 5.74) is 4.32. The second-order valence-electron chi connectivity index (χ2n) is 6.27. The molecule has 5 heteroatoms. The molecule has 2 aromatic rings. The van der Waals surface area contributed by atoms with Gasteiger partial charge in [0, 0.05) is 17.1 Å². The minimum Gasteiger partial charge on any atom is -0.308 e. The Hall–Kier alpha value is -0.840. The Morgan fingerprint density at radius 3 is 2.48 bits per heavy atom. The highest BCUT2D eigenvalue weighted by molar-refractivity contribution is 9.10. The second-order valence-corrected chi connectivity index (χ2v) is 7.50. The lowest BCUT2D eigenvalue weighted by Crippen LogP contribution is -2.35. The van der Waals surface area contributed by atoms with Gasteiger partial charge in [0.05, 0.1) is 21.5 Å². The Bertz CT molecular complexity index is 656. The highest BCUT2D eigenvalue weighted by atomic mass is 79.9. The third-order valence-corrected chi connectivity index (χ3v) is 4.66. The average molecular weight is 371 g/mol. The van der Waals surface area contributed by atoms with Crippen molar-refractivity contribution in [1.82, 2.24) is 15.1 Å². The molecule has 0 spiro atoms. The Balaban J connectivity index is 2.46. The molecule has 21 heavy (non-hydrogen) atoms. The standard InChI is InChI=1S/C16H21BrClN3/c1-10-15(17)11(2)21(20-10)14-7-6-13(18)8-12(14)9-19-16(3,4)5/h6-8,19H,9H2,1-5H3. The SMILES string of the molecule is Cc1nn(-c2ccc(Cl)cc2CNC(C)(C)C)c(C)c1Br. The first kappa shape index (κ1) is 16.5. The summed E-state index contributed by atoms with van der Waals surface area (Å²) in [7, 11) is 0. The van der Waals surface area contributed by atoms with Crippen LogP contribution in [-0.4, -0.2) is 15.3 Å². The van der Waals surface area contributed by atoms with E-state index in [9.17, 15) is 0 Å². The molecule has 3 nitrogen and oxygen atoms in total. The van der Waals surface area contributed by atoms with E-state index < -0.39 is 0 Å². The number of nitrogens with zero attached hydrogens (tertiary/aromatic N) is 2. The maximum Gasteiger partial charge on any atom is 0.0743 e. The van der Waals surface area contributed by atoms with Crippen LogP contribution in [0, 0.1) is 13.8 Å². The topological polar surface area (TPSA) is 29.9 Å². The van der Waals surface area contributed by atoms with Crippen LogP contribution >= 0.6 is 27.5 Å². The normalized spacial score (nSPS) is 12.0. The molecule has 0 aliphatic heterocycles. The van der Waals surface area contributed by atoms with E-state index in [-0.39, 0.29) is 5.54 Å². The first-order valence-corrected chi connectivity index (χ1v) is 8.11. The van der Waals surface area contributed by atoms with Crippen molar-refractivity contribution in [3.63, 3.8) is 0 Å². The molecule has 0 bridgehead atoms. The van der Waals surface area contributed by atoms with Crippen LogP contribution in [0.4, 0.5) is 0 Å². The van der Waals surface area contributed by atoms with Crippen molar-refractivity contribution in [3.05, 3.63) is 44.6 Å². The molecule has 0 aliphatic carbocycles. The number of rotatable bonds is 3. The predicted octanol–water partition coefficient (Wildman–Crippen LogP) is 4.79. The van der Waals surface area contributed by atoms with Crippen LogP contribution in [0.1, 0.15) is 37.7 Å². The van der Waals surface area contributed by atoms with Gasteiger partial charge in [-0.15, -0.1) is 0 Å². The molecule has 0 radical (unpaired) electrons. The van der Waals surface area contributed by atoms with Gasteiger partial charge in [0.2, 0.25) is 0 Å². The molecule has 0 saturated heterocycles. The van der Waals surface area contributed by atoms with Gasteiger partial charge in [-0.3, -0.25) is 0 Å². The van der Waals surface area contributed by atoms with Crippen molar-refractivity contribution in [2.45, 2.75) is 46.7 Å². The zero-order chi connectivity index (χ0) is 15.8. The van der Waals surface area contributed by atoms with E-state index in [4.69, 9.17) is 11.6 Å². The van der Waals surface area contributed by atoms with Crippen LogP contribution < -0.4 is 5.32 Å². The summed E-state index contributed by atoms with van der Waals surface area (Å²) < 4.78 is 3.02. The molecule has 1 N–H and O–H groups in total. The number of aryl methyl sites for hydroxylation is 1. The Labute approximate surface area is 139 Å². The number of nitrogens with one attached hydrogen (secondary N) is 1. The number of hydrogen-bond acceptors (Lipinski definition) is 2. The maximum absolute atomic E-state index is 6.16. The number of benzene rings is 1. The molecular formula is C16H21BrClN3. The minimum absolute atomic E-state index is 0.0508. The summed E-state index contributed by atoms with van der Waals surface area (Å²) in [6, 6.07) is 5.93. The lowest BCUT2D eigenvalue weighted by Gasteiger charge is -2.22. The molecule has 0 fully saturated rings. The molecule has 1 aromatic heterocycles. The van der Waals surface area contributed by atoms with Gasteiger partial charge in [0.1, 0.15) is 0 Å². The van der Waals surface area contributed by atoms with Crippen molar-refractivity contribution in [2.75, 3.05) is 0 Å². The highest BCUT2D eigenvalue weighted by Gasteiger charge is 2.15. The van der Waals surface area contributed by atoms with Crippen LogP contribution in [0.15, 0.2) is 22.7 Å². The number of hydrogen-bond donors (Lipinski definition) is 1. The number of halogens is 2. The predicted molar refractivity (Wildman–Crippen MR) is 92.3 cm³/mol. The van der Waals surface area contributed by atoms with E-state index >= 15 is 0 Å². The van der Waals surface area contributed by atoms with Crippen LogP contribution in [0.2, 0.25) is 5.02 Å². The summed E-state index contributed by atoms with van der Waals surface area (Å²) in [4.78, 5) is 0. The Morgan fingerprint density at radius 2 is 1.95 bits per heavy atom. The molecule has 0 aliphatic rings. The lowest BCUT2D eigenvalue weighted by atomic mass is 10.1. The van der Waals surface area contributed by atoms with E-state index in [1.807, 2.05) is 29.8 Å². The van der Waals surface area contributed by atoms with Gasteiger partial charge in [-0.25, -0.2) is 4.68 Å². The molecule has 2 rings (SSSR count). The largest absolute Gasteiger partial charge is 0.308 e. The summed E-state index contributed by atoms with van der Waals surface area (Å²) in [5.74, 6) is 0. The van der Waals surface area contributed by atoms with Crippen LogP contribution in [0.5, 0.6) is 0 Å². The summed E-state index contributed by atoms with van der Waals surface area (Å²) in [6.45, 7) is 11.2. The smallest absolute Gasteiger partial charge is 0.0743 e. The monoisotopic (exact) mass is 369 g/mol. The van der Waals surface area contributed by atoms with Crippen LogP contribution in [0.25, 0.3) is 5.69 Å². The van der Waals surface area contributed by atoms with Gasteiger partial charge in [0.25, 0.3) is 0 Å². The first-order chi connectivity index (χ1) is 9.69. The van der Waals surface area contributed by atoms with Gasteiger partial charge in [-0.2, -0.15) is 5.10 Å². The van der Waals surface area contributed by atoms with Crippen molar-refractivity contribution < 1.29 is 0 Å². The Kier molecular flexibility index (Phi) is 4.81.